The Balaban J connectivity index is 1.86. The van der Waals surface area contributed by atoms with Gasteiger partial charge in [-0.25, -0.2) is 0 Å². The molecule has 1 fully saturated rings. The number of hydrogen-bond donors (Lipinski definition) is 3. The van der Waals surface area contributed by atoms with Gasteiger partial charge in [-0.2, -0.15) is 0 Å². The van der Waals surface area contributed by atoms with Crippen LogP contribution in [0.4, 0.5) is 0 Å². The summed E-state index contributed by atoms with van der Waals surface area (Å²) < 4.78 is 0.640. The second kappa shape index (κ2) is 6.22. The highest BCUT2D eigenvalue weighted by Gasteiger charge is 2.34. The minimum Gasteiger partial charge on any atom is -0.386 e. The lowest BCUT2D eigenvalue weighted by atomic mass is 9.90. The summed E-state index contributed by atoms with van der Waals surface area (Å²) in [5.41, 5.74) is -0.509. The predicted octanol–water partition coefficient (Wildman–Crippen LogP) is 2.08. The number of aliphatic hydroxyl groups excluding tert-OH is 1. The summed E-state index contributed by atoms with van der Waals surface area (Å²) in [7, 11) is 0. The fourth-order valence-corrected chi connectivity index (χ4v) is 3.29. The molecule has 1 saturated heterocycles. The number of carbonyl (C=O) groups is 1. The Labute approximate surface area is 122 Å². The third-order valence-electron chi connectivity index (χ3n) is 3.50. The lowest BCUT2D eigenvalue weighted by Crippen LogP contribution is -2.57. The van der Waals surface area contributed by atoms with E-state index in [-0.39, 0.29) is 12.5 Å². The molecule has 1 aromatic heterocycles. The Morgan fingerprint density at radius 3 is 3.00 bits per heavy atom. The van der Waals surface area contributed by atoms with Gasteiger partial charge in [-0.15, -0.1) is 11.3 Å². The third kappa shape index (κ3) is 3.69. The van der Waals surface area contributed by atoms with E-state index in [0.29, 0.717) is 4.34 Å². The van der Waals surface area contributed by atoms with Crippen LogP contribution >= 0.6 is 22.9 Å². The first-order valence-corrected chi connectivity index (χ1v) is 7.67. The monoisotopic (exact) mass is 302 g/mol. The van der Waals surface area contributed by atoms with Gasteiger partial charge in [0.2, 0.25) is 5.91 Å². The molecule has 0 bridgehead atoms. The van der Waals surface area contributed by atoms with Crippen molar-refractivity contribution in [3.63, 3.8) is 0 Å². The van der Waals surface area contributed by atoms with Crippen molar-refractivity contribution in [2.24, 2.45) is 0 Å². The van der Waals surface area contributed by atoms with Gasteiger partial charge in [0.1, 0.15) is 6.10 Å². The number of carbonyl (C=O) groups excluding carboxylic acids is 1. The smallest absolute Gasteiger partial charge is 0.240 e. The number of halogens is 1. The van der Waals surface area contributed by atoms with Gasteiger partial charge >= 0.3 is 0 Å². The van der Waals surface area contributed by atoms with Crippen molar-refractivity contribution in [3.05, 3.63) is 21.3 Å². The molecule has 1 amide bonds. The average Bonchev–Trinajstić information content (AvgIpc) is 2.83. The van der Waals surface area contributed by atoms with Gasteiger partial charge in [-0.1, -0.05) is 11.6 Å². The third-order valence-corrected chi connectivity index (χ3v) is 4.83. The van der Waals surface area contributed by atoms with Gasteiger partial charge in [0.15, 0.2) is 0 Å². The topological polar surface area (TPSA) is 61.4 Å². The van der Waals surface area contributed by atoms with Crippen molar-refractivity contribution < 1.29 is 9.90 Å². The van der Waals surface area contributed by atoms with Crippen LogP contribution in [0.1, 0.15) is 37.2 Å². The maximum Gasteiger partial charge on any atom is 0.240 e. The summed E-state index contributed by atoms with van der Waals surface area (Å²) >= 11 is 7.15. The molecule has 1 aliphatic rings. The van der Waals surface area contributed by atoms with E-state index < -0.39 is 11.6 Å². The zero-order chi connectivity index (χ0) is 13.9. The molecule has 0 radical (unpaired) electrons. The summed E-state index contributed by atoms with van der Waals surface area (Å²) in [5, 5.41) is 16.0. The number of rotatable bonds is 4. The largest absolute Gasteiger partial charge is 0.386 e. The Bertz CT molecular complexity index is 444. The number of hydrogen-bond acceptors (Lipinski definition) is 4. The van der Waals surface area contributed by atoms with Gasteiger partial charge < -0.3 is 15.7 Å². The van der Waals surface area contributed by atoms with Crippen molar-refractivity contribution in [2.45, 2.75) is 37.8 Å². The van der Waals surface area contributed by atoms with Crippen LogP contribution in [0.25, 0.3) is 0 Å². The Morgan fingerprint density at radius 1 is 1.63 bits per heavy atom. The molecule has 2 heterocycles. The van der Waals surface area contributed by atoms with Gasteiger partial charge in [-0.05, 0) is 44.9 Å². The van der Waals surface area contributed by atoms with Crippen LogP contribution in [0.2, 0.25) is 4.34 Å². The predicted molar refractivity (Wildman–Crippen MR) is 77.6 cm³/mol. The van der Waals surface area contributed by atoms with E-state index >= 15 is 0 Å². The fourth-order valence-electron chi connectivity index (χ4n) is 2.24. The Morgan fingerprint density at radius 2 is 2.42 bits per heavy atom. The van der Waals surface area contributed by atoms with Gasteiger partial charge in [0.25, 0.3) is 0 Å². The van der Waals surface area contributed by atoms with Crippen LogP contribution in [-0.4, -0.2) is 29.6 Å². The molecule has 0 aromatic carbocycles. The molecule has 0 spiro atoms. The second-order valence-corrected chi connectivity index (χ2v) is 6.83. The lowest BCUT2D eigenvalue weighted by Gasteiger charge is -2.33. The van der Waals surface area contributed by atoms with E-state index in [0.717, 1.165) is 30.7 Å². The molecule has 2 atom stereocenters. The molecule has 1 aliphatic heterocycles. The number of thiophene rings is 1. The van der Waals surface area contributed by atoms with Crippen molar-refractivity contribution in [1.82, 2.24) is 10.6 Å². The molecule has 0 aliphatic carbocycles. The number of nitrogens with one attached hydrogen (secondary N) is 2. The maximum atomic E-state index is 12.2. The summed E-state index contributed by atoms with van der Waals surface area (Å²) in [6.07, 6.45) is 2.30. The van der Waals surface area contributed by atoms with Crippen LogP contribution < -0.4 is 10.6 Å². The minimum atomic E-state index is -0.700. The molecule has 106 valence electrons. The minimum absolute atomic E-state index is 0.0473. The van der Waals surface area contributed by atoms with Crippen molar-refractivity contribution in [1.29, 1.82) is 0 Å². The Hall–Kier alpha value is -0.620. The highest BCUT2D eigenvalue weighted by atomic mass is 35.5. The summed E-state index contributed by atoms with van der Waals surface area (Å²) in [4.78, 5) is 12.9. The first-order valence-electron chi connectivity index (χ1n) is 6.48. The molecular formula is C13H19ClN2O2S. The number of piperidine rings is 1. The molecule has 6 heteroatoms. The van der Waals surface area contributed by atoms with Crippen LogP contribution in [0.3, 0.4) is 0 Å². The normalized spacial score (nSPS) is 25.0. The molecular weight excluding hydrogens is 284 g/mol. The number of aliphatic hydroxyl groups is 1. The quantitative estimate of drug-likeness (QED) is 0.798. The molecule has 2 unspecified atom stereocenters. The zero-order valence-electron chi connectivity index (χ0n) is 10.9. The molecule has 4 nitrogen and oxygen atoms in total. The van der Waals surface area contributed by atoms with E-state index in [1.165, 1.54) is 11.3 Å². The van der Waals surface area contributed by atoms with Crippen LogP contribution in [0, 0.1) is 0 Å². The summed E-state index contributed by atoms with van der Waals surface area (Å²) in [6.45, 7) is 3.00. The highest BCUT2D eigenvalue weighted by Crippen LogP contribution is 2.26. The maximum absolute atomic E-state index is 12.2. The van der Waals surface area contributed by atoms with E-state index in [2.05, 4.69) is 10.6 Å². The number of amides is 1. The standard InChI is InChI=1S/C13H19ClN2O2S/c1-13(6-2-3-7-16-13)12(18)15-8-9(17)10-4-5-11(14)19-10/h4-5,9,16-17H,2-3,6-8H2,1H3,(H,15,18). The lowest BCUT2D eigenvalue weighted by molar-refractivity contribution is -0.128. The first-order chi connectivity index (χ1) is 9.01. The first kappa shape index (κ1) is 14.8. The summed E-state index contributed by atoms with van der Waals surface area (Å²) in [5.74, 6) is -0.0473. The zero-order valence-corrected chi connectivity index (χ0v) is 12.5. The second-order valence-electron chi connectivity index (χ2n) is 5.08. The van der Waals surface area contributed by atoms with Gasteiger partial charge in [-0.3, -0.25) is 4.79 Å². The van der Waals surface area contributed by atoms with E-state index in [1.54, 1.807) is 12.1 Å². The van der Waals surface area contributed by atoms with Crippen LogP contribution in [-0.2, 0) is 4.79 Å². The molecule has 2 rings (SSSR count). The molecule has 3 N–H and O–H groups in total. The Kier molecular flexibility index (Phi) is 4.84. The fraction of sp³-hybridized carbons (Fsp3) is 0.615. The van der Waals surface area contributed by atoms with Crippen molar-refractivity contribution in [2.75, 3.05) is 13.1 Å². The highest BCUT2D eigenvalue weighted by molar-refractivity contribution is 7.16. The average molecular weight is 303 g/mol. The van der Waals surface area contributed by atoms with E-state index in [4.69, 9.17) is 11.6 Å². The van der Waals surface area contributed by atoms with Crippen molar-refractivity contribution in [3.8, 4) is 0 Å². The van der Waals surface area contributed by atoms with E-state index in [9.17, 15) is 9.90 Å². The molecule has 1 aromatic rings. The van der Waals surface area contributed by atoms with Gasteiger partial charge in [0.05, 0.1) is 9.88 Å². The molecule has 19 heavy (non-hydrogen) atoms. The van der Waals surface area contributed by atoms with E-state index in [1.807, 2.05) is 6.92 Å². The molecule has 0 saturated carbocycles. The summed E-state index contributed by atoms with van der Waals surface area (Å²) in [6, 6.07) is 3.53. The van der Waals surface area contributed by atoms with Crippen LogP contribution in [0.5, 0.6) is 0 Å². The van der Waals surface area contributed by atoms with Crippen LogP contribution in [0.15, 0.2) is 12.1 Å². The van der Waals surface area contributed by atoms with Gasteiger partial charge in [0, 0.05) is 11.4 Å². The van der Waals surface area contributed by atoms with Crippen molar-refractivity contribution >= 4 is 28.8 Å². The SMILES string of the molecule is CC1(C(=O)NCC(O)c2ccc(Cl)s2)CCCCN1.